The molecule has 0 aliphatic heterocycles. The van der Waals surface area contributed by atoms with E-state index >= 15 is 0 Å². The van der Waals surface area contributed by atoms with Gasteiger partial charge in [-0.1, -0.05) is 25.0 Å². The molecule has 0 atom stereocenters. The minimum atomic E-state index is 0.547. The molecule has 1 aliphatic rings. The number of anilines is 1. The molecule has 1 aliphatic carbocycles. The van der Waals surface area contributed by atoms with E-state index in [9.17, 15) is 0 Å². The Labute approximate surface area is 125 Å². The first-order valence-electron chi connectivity index (χ1n) is 7.76. The van der Waals surface area contributed by atoms with Crippen LogP contribution >= 0.6 is 0 Å². The first-order valence-corrected chi connectivity index (χ1v) is 7.76. The van der Waals surface area contributed by atoms with Crippen LogP contribution in [0.3, 0.4) is 0 Å². The molecule has 4 heteroatoms. The van der Waals surface area contributed by atoms with Gasteiger partial charge >= 0.3 is 0 Å². The monoisotopic (exact) mass is 285 g/mol. The molecule has 21 heavy (non-hydrogen) atoms. The summed E-state index contributed by atoms with van der Waals surface area (Å²) in [7, 11) is 2.02. The second-order valence-electron chi connectivity index (χ2n) is 5.67. The molecule has 3 rings (SSSR count). The largest absolute Gasteiger partial charge is 0.493 e. The summed E-state index contributed by atoms with van der Waals surface area (Å²) in [5.41, 5.74) is 8.15. The van der Waals surface area contributed by atoms with Crippen molar-refractivity contribution in [1.82, 2.24) is 9.55 Å². The minimum Gasteiger partial charge on any atom is -0.493 e. The highest BCUT2D eigenvalue weighted by Gasteiger charge is 2.25. The number of rotatable bonds is 4. The number of nitrogens with two attached hydrogens (primary N) is 1. The molecule has 4 nitrogen and oxygen atoms in total. The Morgan fingerprint density at radius 3 is 2.71 bits per heavy atom. The number of aromatic nitrogens is 2. The van der Waals surface area contributed by atoms with Crippen molar-refractivity contribution in [2.45, 2.75) is 38.5 Å². The SMILES string of the molecule is CCOc1ccccc1-c1nc(C2CCCC2)n(C)c1N. The van der Waals surface area contributed by atoms with Gasteiger partial charge in [-0.05, 0) is 31.9 Å². The van der Waals surface area contributed by atoms with Gasteiger partial charge in [0.1, 0.15) is 23.1 Å². The Kier molecular flexibility index (Phi) is 3.86. The van der Waals surface area contributed by atoms with E-state index in [4.69, 9.17) is 15.5 Å². The summed E-state index contributed by atoms with van der Waals surface area (Å²) in [5.74, 6) is 3.24. The Hall–Kier alpha value is -1.97. The smallest absolute Gasteiger partial charge is 0.131 e. The van der Waals surface area contributed by atoms with Crippen molar-refractivity contribution in [3.63, 3.8) is 0 Å². The standard InChI is InChI=1S/C17H23N3O/c1-3-21-14-11-7-6-10-13(14)15-16(18)20(2)17(19-15)12-8-4-5-9-12/h6-7,10-12H,3-5,8-9,18H2,1-2H3. The van der Waals surface area contributed by atoms with Crippen LogP contribution in [-0.2, 0) is 7.05 Å². The van der Waals surface area contributed by atoms with E-state index in [1.807, 2.05) is 42.8 Å². The average molecular weight is 285 g/mol. The Morgan fingerprint density at radius 1 is 1.29 bits per heavy atom. The van der Waals surface area contributed by atoms with Crippen molar-refractivity contribution < 1.29 is 4.74 Å². The molecule has 0 spiro atoms. The molecule has 1 aromatic heterocycles. The number of para-hydroxylation sites is 1. The third kappa shape index (κ3) is 2.50. The number of hydrogen-bond acceptors (Lipinski definition) is 3. The van der Waals surface area contributed by atoms with Gasteiger partial charge in [-0.25, -0.2) is 4.98 Å². The molecule has 1 saturated carbocycles. The van der Waals surface area contributed by atoms with Crippen LogP contribution in [0.4, 0.5) is 5.82 Å². The van der Waals surface area contributed by atoms with Gasteiger partial charge in [0.05, 0.1) is 6.61 Å². The second-order valence-corrected chi connectivity index (χ2v) is 5.67. The minimum absolute atomic E-state index is 0.547. The Morgan fingerprint density at radius 2 is 2.00 bits per heavy atom. The van der Waals surface area contributed by atoms with Crippen LogP contribution in [0, 0.1) is 0 Å². The van der Waals surface area contributed by atoms with Gasteiger partial charge in [0.15, 0.2) is 0 Å². The van der Waals surface area contributed by atoms with Crippen molar-refractivity contribution in [3.05, 3.63) is 30.1 Å². The second kappa shape index (κ2) is 5.80. The number of hydrogen-bond donors (Lipinski definition) is 1. The number of imidazole rings is 1. The van der Waals surface area contributed by atoms with E-state index in [-0.39, 0.29) is 0 Å². The molecule has 0 saturated heterocycles. The summed E-state index contributed by atoms with van der Waals surface area (Å²) >= 11 is 0. The lowest BCUT2D eigenvalue weighted by Crippen LogP contribution is -2.05. The van der Waals surface area contributed by atoms with Crippen LogP contribution in [0.5, 0.6) is 5.75 Å². The van der Waals surface area contributed by atoms with Crippen molar-refractivity contribution in [3.8, 4) is 17.0 Å². The van der Waals surface area contributed by atoms with Crippen LogP contribution in [-0.4, -0.2) is 16.2 Å². The molecule has 112 valence electrons. The van der Waals surface area contributed by atoms with E-state index in [1.165, 1.54) is 25.7 Å². The maximum atomic E-state index is 6.31. The summed E-state index contributed by atoms with van der Waals surface area (Å²) in [6, 6.07) is 7.98. The first-order chi connectivity index (χ1) is 10.2. The molecular weight excluding hydrogens is 262 g/mol. The number of nitrogen functional groups attached to an aromatic ring is 1. The van der Waals surface area contributed by atoms with E-state index in [1.54, 1.807) is 0 Å². The summed E-state index contributed by atoms with van der Waals surface area (Å²) in [5, 5.41) is 0. The maximum absolute atomic E-state index is 6.31. The molecular formula is C17H23N3O. The van der Waals surface area contributed by atoms with E-state index < -0.39 is 0 Å². The van der Waals surface area contributed by atoms with Crippen LogP contribution in [0.15, 0.2) is 24.3 Å². The van der Waals surface area contributed by atoms with E-state index in [0.29, 0.717) is 12.5 Å². The van der Waals surface area contributed by atoms with Gasteiger partial charge in [0.2, 0.25) is 0 Å². The summed E-state index contributed by atoms with van der Waals surface area (Å²) in [6.07, 6.45) is 5.03. The first kappa shape index (κ1) is 14.0. The van der Waals surface area contributed by atoms with Crippen molar-refractivity contribution in [2.24, 2.45) is 7.05 Å². The average Bonchev–Trinajstić information content (AvgIpc) is 3.11. The van der Waals surface area contributed by atoms with Gasteiger partial charge in [0, 0.05) is 18.5 Å². The zero-order valence-corrected chi connectivity index (χ0v) is 12.8. The van der Waals surface area contributed by atoms with Crippen LogP contribution in [0.1, 0.15) is 44.3 Å². The molecule has 0 amide bonds. The highest BCUT2D eigenvalue weighted by Crippen LogP contribution is 2.39. The quantitative estimate of drug-likeness (QED) is 0.931. The Balaban J connectivity index is 2.05. The van der Waals surface area contributed by atoms with Crippen LogP contribution in [0.2, 0.25) is 0 Å². The molecule has 2 aromatic rings. The zero-order chi connectivity index (χ0) is 14.8. The van der Waals surface area contributed by atoms with Gasteiger partial charge in [0.25, 0.3) is 0 Å². The lowest BCUT2D eigenvalue weighted by atomic mass is 10.1. The fourth-order valence-corrected chi connectivity index (χ4v) is 3.22. The van der Waals surface area contributed by atoms with E-state index in [0.717, 1.165) is 28.6 Å². The van der Waals surface area contributed by atoms with Gasteiger partial charge in [-0.2, -0.15) is 0 Å². The molecule has 0 bridgehead atoms. The summed E-state index contributed by atoms with van der Waals surface area (Å²) in [4.78, 5) is 4.86. The lowest BCUT2D eigenvalue weighted by molar-refractivity contribution is 0.341. The molecule has 0 radical (unpaired) electrons. The maximum Gasteiger partial charge on any atom is 0.131 e. The molecule has 1 fully saturated rings. The predicted molar refractivity (Wildman–Crippen MR) is 85.4 cm³/mol. The molecule has 1 heterocycles. The van der Waals surface area contributed by atoms with Gasteiger partial charge in [-0.15, -0.1) is 0 Å². The summed E-state index contributed by atoms with van der Waals surface area (Å²) in [6.45, 7) is 2.63. The van der Waals surface area contributed by atoms with Crippen LogP contribution in [0.25, 0.3) is 11.3 Å². The highest BCUT2D eigenvalue weighted by atomic mass is 16.5. The Bertz CT molecular complexity index is 627. The fourth-order valence-electron chi connectivity index (χ4n) is 3.22. The normalized spacial score (nSPS) is 15.5. The van der Waals surface area contributed by atoms with Crippen molar-refractivity contribution in [2.75, 3.05) is 12.3 Å². The van der Waals surface area contributed by atoms with Crippen molar-refractivity contribution in [1.29, 1.82) is 0 Å². The molecule has 0 unspecified atom stereocenters. The van der Waals surface area contributed by atoms with Crippen LogP contribution < -0.4 is 10.5 Å². The van der Waals surface area contributed by atoms with Crippen molar-refractivity contribution >= 4 is 5.82 Å². The van der Waals surface area contributed by atoms with Gasteiger partial charge in [-0.3, -0.25) is 0 Å². The number of benzene rings is 1. The van der Waals surface area contributed by atoms with E-state index in [2.05, 4.69) is 0 Å². The zero-order valence-electron chi connectivity index (χ0n) is 12.8. The lowest BCUT2D eigenvalue weighted by Gasteiger charge is -2.08. The number of ether oxygens (including phenoxy) is 1. The summed E-state index contributed by atoms with van der Waals surface area (Å²) < 4.78 is 7.77. The third-order valence-electron chi connectivity index (χ3n) is 4.34. The van der Waals surface area contributed by atoms with Gasteiger partial charge < -0.3 is 15.0 Å². The topological polar surface area (TPSA) is 53.1 Å². The fraction of sp³-hybridized carbons (Fsp3) is 0.471. The number of nitrogens with zero attached hydrogens (tertiary/aromatic N) is 2. The molecule has 1 aromatic carbocycles. The third-order valence-corrected chi connectivity index (χ3v) is 4.34. The highest BCUT2D eigenvalue weighted by molar-refractivity contribution is 5.76. The molecule has 2 N–H and O–H groups in total. The predicted octanol–water partition coefficient (Wildman–Crippen LogP) is 3.73.